The largest absolute Gasteiger partial charge is 0.480 e. The van der Waals surface area contributed by atoms with Gasteiger partial charge in [0.1, 0.15) is 11.6 Å². The fourth-order valence-corrected chi connectivity index (χ4v) is 3.95. The van der Waals surface area contributed by atoms with Crippen molar-refractivity contribution < 1.29 is 24.2 Å². The van der Waals surface area contributed by atoms with Gasteiger partial charge in [-0.05, 0) is 46.2 Å². The average molecular weight is 432 g/mol. The summed E-state index contributed by atoms with van der Waals surface area (Å²) in [6.07, 6.45) is 1.80. The maximum Gasteiger partial charge on any atom is 0.327 e. The standard InChI is InChI=1S/C23H33N3O5/c1-13(2)11-16(24)19(27)23(18(25-6)20(28)29,21(30)31-22(3,4)5)15-12-26-17-10-8-7-9-14(15)17/h7-10,12-13,16,18,25-26H,11,24H2,1-6H3,(H,28,29)/t16-,18+,23?/m0/s1. The van der Waals surface area contributed by atoms with Gasteiger partial charge in [-0.25, -0.2) is 0 Å². The van der Waals surface area contributed by atoms with Crippen LogP contribution in [0, 0.1) is 5.92 Å². The second-order valence-corrected chi connectivity index (χ2v) is 9.22. The zero-order chi connectivity index (χ0) is 23.6. The molecule has 8 heteroatoms. The number of carboxylic acids is 1. The molecule has 0 saturated carbocycles. The minimum absolute atomic E-state index is 0.0659. The van der Waals surface area contributed by atoms with Crippen molar-refractivity contribution in [3.05, 3.63) is 36.0 Å². The second kappa shape index (κ2) is 9.20. The molecule has 0 bridgehead atoms. The number of aromatic nitrogens is 1. The Morgan fingerprint density at radius 3 is 2.32 bits per heavy atom. The number of rotatable bonds is 9. The average Bonchev–Trinajstić information content (AvgIpc) is 3.07. The number of benzene rings is 1. The second-order valence-electron chi connectivity index (χ2n) is 9.22. The molecule has 1 unspecified atom stereocenters. The van der Waals surface area contributed by atoms with E-state index >= 15 is 0 Å². The van der Waals surface area contributed by atoms with E-state index in [1.165, 1.54) is 13.2 Å². The van der Waals surface area contributed by atoms with E-state index < -0.39 is 40.8 Å². The van der Waals surface area contributed by atoms with Gasteiger partial charge >= 0.3 is 11.9 Å². The number of carbonyl (C=O) groups excluding carboxylic acids is 2. The molecule has 2 aromatic rings. The van der Waals surface area contributed by atoms with Crippen LogP contribution in [0.2, 0.25) is 0 Å². The highest BCUT2D eigenvalue weighted by Gasteiger charge is 2.60. The number of Topliss-reactive ketones (excluding diaryl/α,β-unsaturated/α-hetero) is 1. The number of carbonyl (C=O) groups is 3. The number of hydrogen-bond donors (Lipinski definition) is 4. The van der Waals surface area contributed by atoms with Crippen molar-refractivity contribution in [2.24, 2.45) is 11.7 Å². The molecule has 5 N–H and O–H groups in total. The predicted molar refractivity (Wildman–Crippen MR) is 119 cm³/mol. The van der Waals surface area contributed by atoms with Crippen LogP contribution in [0.25, 0.3) is 10.9 Å². The van der Waals surface area contributed by atoms with Crippen LogP contribution < -0.4 is 11.1 Å². The number of aliphatic carboxylic acids is 1. The van der Waals surface area contributed by atoms with Gasteiger partial charge in [0.25, 0.3) is 0 Å². The molecule has 0 amide bonds. The van der Waals surface area contributed by atoms with Crippen LogP contribution in [0.1, 0.15) is 46.6 Å². The smallest absolute Gasteiger partial charge is 0.327 e. The first kappa shape index (κ1) is 24.6. The van der Waals surface area contributed by atoms with Gasteiger partial charge in [0.15, 0.2) is 11.2 Å². The van der Waals surface area contributed by atoms with Gasteiger partial charge < -0.3 is 25.9 Å². The Kier molecular flexibility index (Phi) is 7.28. The number of hydrogen-bond acceptors (Lipinski definition) is 6. The van der Waals surface area contributed by atoms with Crippen LogP contribution in [0.15, 0.2) is 30.5 Å². The van der Waals surface area contributed by atoms with Gasteiger partial charge in [-0.2, -0.15) is 0 Å². The quantitative estimate of drug-likeness (QED) is 0.354. The topological polar surface area (TPSA) is 135 Å². The summed E-state index contributed by atoms with van der Waals surface area (Å²) >= 11 is 0. The lowest BCUT2D eigenvalue weighted by atomic mass is 9.67. The first-order valence-electron chi connectivity index (χ1n) is 10.4. The number of esters is 1. The fraction of sp³-hybridized carbons (Fsp3) is 0.522. The Bertz CT molecular complexity index is 960. The van der Waals surface area contributed by atoms with E-state index in [9.17, 15) is 19.5 Å². The molecule has 0 aliphatic carbocycles. The molecule has 0 radical (unpaired) electrons. The molecule has 2 rings (SSSR count). The van der Waals surface area contributed by atoms with Crippen LogP contribution in [0.4, 0.5) is 0 Å². The number of para-hydroxylation sites is 1. The summed E-state index contributed by atoms with van der Waals surface area (Å²) in [5, 5.41) is 13.3. The number of carboxylic acid groups (broad SMARTS) is 1. The van der Waals surface area contributed by atoms with E-state index in [0.717, 1.165) is 0 Å². The number of nitrogens with one attached hydrogen (secondary N) is 2. The number of nitrogens with two attached hydrogens (primary N) is 1. The van der Waals surface area contributed by atoms with Crippen molar-refractivity contribution in [3.63, 3.8) is 0 Å². The maximum absolute atomic E-state index is 13.9. The van der Waals surface area contributed by atoms with Crippen molar-refractivity contribution >= 4 is 28.6 Å². The van der Waals surface area contributed by atoms with Crippen molar-refractivity contribution in [3.8, 4) is 0 Å². The third kappa shape index (κ3) is 4.80. The number of fused-ring (bicyclic) bond motifs is 1. The monoisotopic (exact) mass is 431 g/mol. The minimum atomic E-state index is -2.19. The number of ether oxygens (including phenoxy) is 1. The van der Waals surface area contributed by atoms with Gasteiger partial charge in [0.2, 0.25) is 0 Å². The van der Waals surface area contributed by atoms with Crippen LogP contribution in [0.3, 0.4) is 0 Å². The highest BCUT2D eigenvalue weighted by molar-refractivity contribution is 6.18. The maximum atomic E-state index is 13.9. The molecule has 31 heavy (non-hydrogen) atoms. The summed E-state index contributed by atoms with van der Waals surface area (Å²) in [5.74, 6) is -2.93. The summed E-state index contributed by atoms with van der Waals surface area (Å²) in [6.45, 7) is 8.80. The Balaban J connectivity index is 2.91. The molecule has 0 aliphatic heterocycles. The molecule has 0 saturated heterocycles. The number of aromatic amines is 1. The van der Waals surface area contributed by atoms with E-state index in [1.807, 2.05) is 13.8 Å². The molecular weight excluding hydrogens is 398 g/mol. The third-order valence-corrected chi connectivity index (χ3v) is 5.15. The van der Waals surface area contributed by atoms with Gasteiger partial charge in [-0.3, -0.25) is 14.4 Å². The molecule has 8 nitrogen and oxygen atoms in total. The van der Waals surface area contributed by atoms with Crippen LogP contribution in [-0.4, -0.2) is 52.5 Å². The summed E-state index contributed by atoms with van der Waals surface area (Å²) in [5.41, 5.74) is 4.01. The lowest BCUT2D eigenvalue weighted by Gasteiger charge is -2.38. The first-order valence-corrected chi connectivity index (χ1v) is 10.4. The van der Waals surface area contributed by atoms with Crippen molar-refractivity contribution in [2.75, 3.05) is 7.05 Å². The van der Waals surface area contributed by atoms with E-state index in [0.29, 0.717) is 17.3 Å². The van der Waals surface area contributed by atoms with Crippen LogP contribution >= 0.6 is 0 Å². The van der Waals surface area contributed by atoms with Gasteiger partial charge in [0, 0.05) is 22.7 Å². The molecule has 170 valence electrons. The Labute approximate surface area is 182 Å². The van der Waals surface area contributed by atoms with Gasteiger partial charge in [-0.15, -0.1) is 0 Å². The van der Waals surface area contributed by atoms with Crippen molar-refractivity contribution in [2.45, 2.75) is 64.1 Å². The predicted octanol–water partition coefficient (Wildman–Crippen LogP) is 2.36. The van der Waals surface area contributed by atoms with Gasteiger partial charge in [-0.1, -0.05) is 32.0 Å². The highest BCUT2D eigenvalue weighted by Crippen LogP contribution is 2.39. The van der Waals surface area contributed by atoms with Crippen molar-refractivity contribution in [1.29, 1.82) is 0 Å². The zero-order valence-corrected chi connectivity index (χ0v) is 19.0. The van der Waals surface area contributed by atoms with E-state index in [-0.39, 0.29) is 11.5 Å². The summed E-state index contributed by atoms with van der Waals surface area (Å²) in [6, 6.07) is 4.43. The molecule has 0 aliphatic rings. The van der Waals surface area contributed by atoms with Crippen LogP contribution in [0.5, 0.6) is 0 Å². The number of ketones is 1. The SMILES string of the molecule is CN[C@H](C(=O)O)C(C(=O)OC(C)(C)C)(C(=O)[C@@H](N)CC(C)C)c1c[nH]c2ccccc12. The van der Waals surface area contributed by atoms with E-state index in [2.05, 4.69) is 10.3 Å². The van der Waals surface area contributed by atoms with Crippen molar-refractivity contribution in [1.82, 2.24) is 10.3 Å². The lowest BCUT2D eigenvalue weighted by molar-refractivity contribution is -0.170. The first-order chi connectivity index (χ1) is 14.4. The molecule has 1 aromatic carbocycles. The van der Waals surface area contributed by atoms with Gasteiger partial charge in [0.05, 0.1) is 6.04 Å². The van der Waals surface area contributed by atoms with E-state index in [1.54, 1.807) is 45.0 Å². The fourth-order valence-electron chi connectivity index (χ4n) is 3.95. The van der Waals surface area contributed by atoms with Crippen LogP contribution in [-0.2, 0) is 24.5 Å². The highest BCUT2D eigenvalue weighted by atomic mass is 16.6. The summed E-state index contributed by atoms with van der Waals surface area (Å²) in [7, 11) is 1.40. The third-order valence-electron chi connectivity index (χ3n) is 5.15. The summed E-state index contributed by atoms with van der Waals surface area (Å²) < 4.78 is 5.65. The molecule has 0 fully saturated rings. The molecule has 0 spiro atoms. The molecule has 1 heterocycles. The lowest BCUT2D eigenvalue weighted by Crippen LogP contribution is -2.65. The summed E-state index contributed by atoms with van der Waals surface area (Å²) in [4.78, 5) is 43.1. The minimum Gasteiger partial charge on any atom is -0.480 e. The number of H-pyrrole nitrogens is 1. The Morgan fingerprint density at radius 1 is 1.19 bits per heavy atom. The normalized spacial score (nSPS) is 16.0. The van der Waals surface area contributed by atoms with E-state index in [4.69, 9.17) is 10.5 Å². The molecule has 3 atom stereocenters. The number of likely N-dealkylation sites (N-methyl/N-ethyl adjacent to an activating group) is 1. The Morgan fingerprint density at radius 2 is 1.81 bits per heavy atom. The zero-order valence-electron chi connectivity index (χ0n) is 19.0. The Hall–Kier alpha value is -2.71. The molecule has 1 aromatic heterocycles. The molecular formula is C23H33N3O5.